The van der Waals surface area contributed by atoms with Crippen molar-refractivity contribution in [1.82, 2.24) is 10.6 Å². The van der Waals surface area contributed by atoms with E-state index in [4.69, 9.17) is 5.11 Å². The van der Waals surface area contributed by atoms with Crippen LogP contribution in [0.3, 0.4) is 0 Å². The molecule has 2 amide bonds. The van der Waals surface area contributed by atoms with Crippen molar-refractivity contribution in [3.05, 3.63) is 0 Å². The highest BCUT2D eigenvalue weighted by Crippen LogP contribution is 2.30. The number of hydrogen-bond acceptors (Lipinski definition) is 2. The van der Waals surface area contributed by atoms with Crippen molar-refractivity contribution in [3.63, 3.8) is 0 Å². The van der Waals surface area contributed by atoms with Crippen LogP contribution in [-0.2, 0) is 4.79 Å². The van der Waals surface area contributed by atoms with E-state index in [9.17, 15) is 9.59 Å². The van der Waals surface area contributed by atoms with Gasteiger partial charge in [0.1, 0.15) is 0 Å². The molecule has 0 aromatic heterocycles. The number of amides is 2. The first kappa shape index (κ1) is 16.8. The lowest BCUT2D eigenvalue weighted by Gasteiger charge is -2.26. The third-order valence-electron chi connectivity index (χ3n) is 3.99. The second kappa shape index (κ2) is 9.61. The van der Waals surface area contributed by atoms with Crippen LogP contribution in [0, 0.1) is 11.8 Å². The summed E-state index contributed by atoms with van der Waals surface area (Å²) in [5.41, 5.74) is 0. The van der Waals surface area contributed by atoms with E-state index in [1.54, 1.807) is 0 Å². The van der Waals surface area contributed by atoms with E-state index in [0.29, 0.717) is 19.4 Å². The quantitative estimate of drug-likeness (QED) is 0.600. The number of carboxylic acid groups (broad SMARTS) is 1. The number of hydrogen-bond donors (Lipinski definition) is 3. The molecule has 2 atom stereocenters. The van der Waals surface area contributed by atoms with E-state index in [1.165, 1.54) is 25.7 Å². The van der Waals surface area contributed by atoms with Crippen molar-refractivity contribution in [3.8, 4) is 0 Å². The monoisotopic (exact) mass is 284 g/mol. The highest BCUT2D eigenvalue weighted by molar-refractivity contribution is 5.73. The Morgan fingerprint density at radius 2 is 1.90 bits per heavy atom. The summed E-state index contributed by atoms with van der Waals surface area (Å²) in [5.74, 6) is 0.808. The van der Waals surface area contributed by atoms with Crippen LogP contribution in [0.4, 0.5) is 4.79 Å². The molecule has 0 saturated heterocycles. The lowest BCUT2D eigenvalue weighted by molar-refractivity contribution is -0.137. The SMILES string of the molecule is CC1CCCC(CCNC(=O)NCCCCC(=O)O)C1. The molecule has 0 radical (unpaired) electrons. The molecule has 1 saturated carbocycles. The van der Waals surface area contributed by atoms with Gasteiger partial charge in [-0.1, -0.05) is 26.2 Å². The zero-order valence-electron chi connectivity index (χ0n) is 12.5. The van der Waals surface area contributed by atoms with Gasteiger partial charge in [-0.3, -0.25) is 4.79 Å². The number of unbranched alkanes of at least 4 members (excludes halogenated alkanes) is 1. The van der Waals surface area contributed by atoms with Crippen LogP contribution in [0.15, 0.2) is 0 Å². The van der Waals surface area contributed by atoms with Crippen molar-refractivity contribution in [2.45, 2.75) is 58.3 Å². The van der Waals surface area contributed by atoms with Gasteiger partial charge in [-0.05, 0) is 37.5 Å². The van der Waals surface area contributed by atoms with Gasteiger partial charge in [0.2, 0.25) is 0 Å². The Kier molecular flexibility index (Phi) is 8.07. The Morgan fingerprint density at radius 1 is 1.15 bits per heavy atom. The van der Waals surface area contributed by atoms with Crippen LogP contribution in [0.2, 0.25) is 0 Å². The van der Waals surface area contributed by atoms with Gasteiger partial charge in [0, 0.05) is 19.5 Å². The normalized spacial score (nSPS) is 22.2. The number of carboxylic acids is 1. The van der Waals surface area contributed by atoms with E-state index >= 15 is 0 Å². The van der Waals surface area contributed by atoms with E-state index in [-0.39, 0.29) is 12.5 Å². The summed E-state index contributed by atoms with van der Waals surface area (Å²) in [6, 6.07) is -0.135. The predicted molar refractivity (Wildman–Crippen MR) is 78.6 cm³/mol. The number of aliphatic carboxylic acids is 1. The van der Waals surface area contributed by atoms with Gasteiger partial charge >= 0.3 is 12.0 Å². The van der Waals surface area contributed by atoms with Gasteiger partial charge < -0.3 is 15.7 Å². The third-order valence-corrected chi connectivity index (χ3v) is 3.99. The first-order chi connectivity index (χ1) is 9.58. The number of carbonyl (C=O) groups excluding carboxylic acids is 1. The van der Waals surface area contributed by atoms with Crippen LogP contribution in [-0.4, -0.2) is 30.2 Å². The van der Waals surface area contributed by atoms with Crippen molar-refractivity contribution in [2.24, 2.45) is 11.8 Å². The molecular weight excluding hydrogens is 256 g/mol. The van der Waals surface area contributed by atoms with E-state index in [1.807, 2.05) is 0 Å². The highest BCUT2D eigenvalue weighted by Gasteiger charge is 2.18. The number of nitrogens with one attached hydrogen (secondary N) is 2. The fraction of sp³-hybridized carbons (Fsp3) is 0.867. The van der Waals surface area contributed by atoms with Gasteiger partial charge in [0.05, 0.1) is 0 Å². The Bertz CT molecular complexity index is 307. The molecule has 1 aliphatic carbocycles. The number of urea groups is 1. The van der Waals surface area contributed by atoms with Crippen LogP contribution in [0.5, 0.6) is 0 Å². The molecule has 3 N–H and O–H groups in total. The average molecular weight is 284 g/mol. The summed E-state index contributed by atoms with van der Waals surface area (Å²) >= 11 is 0. The molecule has 0 bridgehead atoms. The average Bonchev–Trinajstić information content (AvgIpc) is 2.38. The summed E-state index contributed by atoms with van der Waals surface area (Å²) in [5, 5.41) is 14.1. The molecule has 0 aromatic rings. The summed E-state index contributed by atoms with van der Waals surface area (Å²) in [4.78, 5) is 21.8. The predicted octanol–water partition coefficient (Wildman–Crippen LogP) is 2.76. The third kappa shape index (κ3) is 8.02. The Morgan fingerprint density at radius 3 is 2.60 bits per heavy atom. The lowest BCUT2D eigenvalue weighted by Crippen LogP contribution is -2.37. The zero-order chi connectivity index (χ0) is 14.8. The van der Waals surface area contributed by atoms with Crippen LogP contribution < -0.4 is 10.6 Å². The summed E-state index contributed by atoms with van der Waals surface area (Å²) in [6.07, 6.45) is 7.80. The van der Waals surface area contributed by atoms with Gasteiger partial charge in [-0.25, -0.2) is 4.79 Å². The van der Waals surface area contributed by atoms with E-state index in [0.717, 1.165) is 24.8 Å². The molecule has 0 aromatic carbocycles. The molecule has 20 heavy (non-hydrogen) atoms. The minimum absolute atomic E-state index is 0.135. The second-order valence-corrected chi connectivity index (χ2v) is 5.96. The largest absolute Gasteiger partial charge is 0.481 e. The standard InChI is InChI=1S/C15H28N2O3/c1-12-5-4-6-13(11-12)8-10-17-15(20)16-9-3-2-7-14(18)19/h12-13H,2-11H2,1H3,(H,18,19)(H2,16,17,20). The van der Waals surface area contributed by atoms with Crippen LogP contribution >= 0.6 is 0 Å². The fourth-order valence-electron chi connectivity index (χ4n) is 2.88. The van der Waals surface area contributed by atoms with E-state index < -0.39 is 5.97 Å². The van der Waals surface area contributed by atoms with Gasteiger partial charge in [0.25, 0.3) is 0 Å². The molecule has 5 nitrogen and oxygen atoms in total. The molecule has 116 valence electrons. The second-order valence-electron chi connectivity index (χ2n) is 5.96. The van der Waals surface area contributed by atoms with Crippen molar-refractivity contribution < 1.29 is 14.7 Å². The number of carbonyl (C=O) groups is 2. The maximum absolute atomic E-state index is 11.5. The van der Waals surface area contributed by atoms with Crippen molar-refractivity contribution in [2.75, 3.05) is 13.1 Å². The zero-order valence-corrected chi connectivity index (χ0v) is 12.5. The maximum atomic E-state index is 11.5. The Hall–Kier alpha value is -1.26. The van der Waals surface area contributed by atoms with Crippen molar-refractivity contribution >= 4 is 12.0 Å². The minimum atomic E-state index is -0.781. The summed E-state index contributed by atoms with van der Waals surface area (Å²) in [7, 11) is 0. The molecule has 1 rings (SSSR count). The van der Waals surface area contributed by atoms with Gasteiger partial charge in [0.15, 0.2) is 0 Å². The minimum Gasteiger partial charge on any atom is -0.481 e. The smallest absolute Gasteiger partial charge is 0.314 e. The first-order valence-corrected chi connectivity index (χ1v) is 7.81. The molecule has 5 heteroatoms. The maximum Gasteiger partial charge on any atom is 0.314 e. The first-order valence-electron chi connectivity index (χ1n) is 7.81. The fourth-order valence-corrected chi connectivity index (χ4v) is 2.88. The molecular formula is C15H28N2O3. The van der Waals surface area contributed by atoms with Gasteiger partial charge in [-0.15, -0.1) is 0 Å². The summed E-state index contributed by atoms with van der Waals surface area (Å²) in [6.45, 7) is 3.58. The molecule has 0 aliphatic heterocycles. The lowest BCUT2D eigenvalue weighted by atomic mass is 9.81. The Balaban J connectivity index is 1.95. The molecule has 0 spiro atoms. The van der Waals surface area contributed by atoms with Gasteiger partial charge in [-0.2, -0.15) is 0 Å². The highest BCUT2D eigenvalue weighted by atomic mass is 16.4. The Labute approximate surface area is 121 Å². The number of rotatable bonds is 8. The summed E-state index contributed by atoms with van der Waals surface area (Å²) < 4.78 is 0. The van der Waals surface area contributed by atoms with Crippen molar-refractivity contribution in [1.29, 1.82) is 0 Å². The topological polar surface area (TPSA) is 78.4 Å². The van der Waals surface area contributed by atoms with E-state index in [2.05, 4.69) is 17.6 Å². The molecule has 2 unspecified atom stereocenters. The van der Waals surface area contributed by atoms with Crippen LogP contribution in [0.1, 0.15) is 58.3 Å². The molecule has 0 heterocycles. The molecule has 1 aliphatic rings. The van der Waals surface area contributed by atoms with Crippen LogP contribution in [0.25, 0.3) is 0 Å². The molecule has 1 fully saturated rings.